The van der Waals surface area contributed by atoms with E-state index in [-0.39, 0.29) is 12.2 Å². The van der Waals surface area contributed by atoms with Crippen LogP contribution in [0.25, 0.3) is 0 Å². The smallest absolute Gasteiger partial charge is 0.337 e. The van der Waals surface area contributed by atoms with Gasteiger partial charge in [0.15, 0.2) is 6.10 Å². The molecule has 1 N–H and O–H groups in total. The fourth-order valence-electron chi connectivity index (χ4n) is 1.51. The molecule has 0 amide bonds. The van der Waals surface area contributed by atoms with Crippen LogP contribution in [0, 0.1) is 0 Å². The van der Waals surface area contributed by atoms with Gasteiger partial charge in [-0.15, -0.1) is 0 Å². The summed E-state index contributed by atoms with van der Waals surface area (Å²) in [5.74, 6) is -2.23. The molecule has 0 fully saturated rings. The Bertz CT molecular complexity index is 402. The molecule has 0 saturated heterocycles. The van der Waals surface area contributed by atoms with Crippen molar-refractivity contribution >= 4 is 11.9 Å². The van der Waals surface area contributed by atoms with Gasteiger partial charge in [-0.1, -0.05) is 0 Å². The minimum Gasteiger partial charge on any atom is -0.458 e. The predicted octanol–water partition coefficient (Wildman–Crippen LogP) is 1.27. The summed E-state index contributed by atoms with van der Waals surface area (Å²) in [4.78, 5) is 22.9. The van der Waals surface area contributed by atoms with E-state index in [1.807, 2.05) is 0 Å². The lowest BCUT2D eigenvalue weighted by Gasteiger charge is -2.31. The van der Waals surface area contributed by atoms with Crippen LogP contribution in [0.15, 0.2) is 11.8 Å². The zero-order valence-corrected chi connectivity index (χ0v) is 11.9. The number of esters is 2. The number of aliphatic hydroxyl groups is 1. The van der Waals surface area contributed by atoms with Gasteiger partial charge < -0.3 is 19.3 Å². The van der Waals surface area contributed by atoms with Gasteiger partial charge in [-0.25, -0.2) is 9.59 Å². The zero-order valence-electron chi connectivity index (χ0n) is 11.9. The van der Waals surface area contributed by atoms with E-state index in [9.17, 15) is 14.7 Å². The Morgan fingerprint density at radius 3 is 2.47 bits per heavy atom. The lowest BCUT2D eigenvalue weighted by atomic mass is 10.1. The van der Waals surface area contributed by atoms with Gasteiger partial charge in [0.1, 0.15) is 11.4 Å². The number of carbonyl (C=O) groups is 2. The van der Waals surface area contributed by atoms with Crippen molar-refractivity contribution < 1.29 is 28.9 Å². The van der Waals surface area contributed by atoms with Crippen LogP contribution in [-0.2, 0) is 23.8 Å². The van der Waals surface area contributed by atoms with Crippen molar-refractivity contribution in [3.05, 3.63) is 11.8 Å². The summed E-state index contributed by atoms with van der Waals surface area (Å²) in [6.07, 6.45) is -0.404. The average Bonchev–Trinajstić information content (AvgIpc) is 2.10. The van der Waals surface area contributed by atoms with Crippen LogP contribution < -0.4 is 0 Å². The molecule has 1 heterocycles. The first-order valence-corrected chi connectivity index (χ1v) is 6.02. The van der Waals surface area contributed by atoms with Gasteiger partial charge in [0.2, 0.25) is 5.79 Å². The number of hydrogen-bond donors (Lipinski definition) is 1. The maximum atomic E-state index is 11.6. The summed E-state index contributed by atoms with van der Waals surface area (Å²) in [6.45, 7) is 8.24. The van der Waals surface area contributed by atoms with E-state index < -0.39 is 29.4 Å². The highest BCUT2D eigenvalue weighted by atomic mass is 16.7. The maximum Gasteiger partial charge on any atom is 0.337 e. The van der Waals surface area contributed by atoms with Crippen LogP contribution in [-0.4, -0.2) is 34.5 Å². The summed E-state index contributed by atoms with van der Waals surface area (Å²) in [7, 11) is 0. The van der Waals surface area contributed by atoms with E-state index in [2.05, 4.69) is 0 Å². The second-order valence-electron chi connectivity index (χ2n) is 5.79. The molecule has 1 rings (SSSR count). The van der Waals surface area contributed by atoms with Crippen LogP contribution in [0.5, 0.6) is 0 Å². The minimum atomic E-state index is -1.38. The summed E-state index contributed by atoms with van der Waals surface area (Å²) in [6, 6.07) is 0. The third kappa shape index (κ3) is 5.30. The third-order valence-corrected chi connectivity index (χ3v) is 2.08. The van der Waals surface area contributed by atoms with E-state index in [0.717, 1.165) is 6.08 Å². The standard InChI is InChI=1S/C13H20O6/c1-12(2,3)19-11(16)9(14)6-8-7-10(15)18-13(4,5)17-8/h7,9,14H,6H2,1-5H3/t9-/m1/s1. The van der Waals surface area contributed by atoms with Crippen molar-refractivity contribution in [2.45, 2.75) is 58.5 Å². The predicted molar refractivity (Wildman–Crippen MR) is 65.8 cm³/mol. The fraction of sp³-hybridized carbons (Fsp3) is 0.692. The Labute approximate surface area is 112 Å². The number of cyclic esters (lactones) is 1. The first-order chi connectivity index (χ1) is 8.48. The zero-order chi connectivity index (χ0) is 14.8. The SMILES string of the molecule is CC(C)(C)OC(=O)[C@H](O)CC1=CC(=O)OC(C)(C)O1. The molecule has 6 heteroatoms. The molecule has 0 aromatic carbocycles. The summed E-state index contributed by atoms with van der Waals surface area (Å²) in [5.41, 5.74) is -0.682. The van der Waals surface area contributed by atoms with E-state index in [1.54, 1.807) is 34.6 Å². The highest BCUT2D eigenvalue weighted by molar-refractivity contribution is 5.83. The number of carbonyl (C=O) groups excluding carboxylic acids is 2. The molecular weight excluding hydrogens is 252 g/mol. The quantitative estimate of drug-likeness (QED) is 0.779. The van der Waals surface area contributed by atoms with Gasteiger partial charge in [-0.2, -0.15) is 0 Å². The molecule has 1 aliphatic heterocycles. The lowest BCUT2D eigenvalue weighted by Crippen LogP contribution is -2.37. The molecule has 0 spiro atoms. The van der Waals surface area contributed by atoms with Crippen LogP contribution in [0.2, 0.25) is 0 Å². The van der Waals surface area contributed by atoms with E-state index in [4.69, 9.17) is 14.2 Å². The number of rotatable bonds is 3. The first-order valence-electron chi connectivity index (χ1n) is 6.02. The van der Waals surface area contributed by atoms with Crippen molar-refractivity contribution in [2.75, 3.05) is 0 Å². The van der Waals surface area contributed by atoms with Gasteiger partial charge in [0.05, 0.1) is 6.08 Å². The highest BCUT2D eigenvalue weighted by Gasteiger charge is 2.32. The van der Waals surface area contributed by atoms with Crippen LogP contribution >= 0.6 is 0 Å². The fourth-order valence-corrected chi connectivity index (χ4v) is 1.51. The molecule has 0 aliphatic carbocycles. The number of aliphatic hydroxyl groups excluding tert-OH is 1. The Hall–Kier alpha value is -1.56. The van der Waals surface area contributed by atoms with Gasteiger partial charge in [-0.3, -0.25) is 0 Å². The van der Waals surface area contributed by atoms with Crippen LogP contribution in [0.4, 0.5) is 0 Å². The maximum absolute atomic E-state index is 11.6. The van der Waals surface area contributed by atoms with E-state index in [1.165, 1.54) is 0 Å². The van der Waals surface area contributed by atoms with Crippen molar-refractivity contribution in [3.63, 3.8) is 0 Å². The first kappa shape index (κ1) is 15.5. The second kappa shape index (κ2) is 5.21. The molecule has 0 bridgehead atoms. The lowest BCUT2D eigenvalue weighted by molar-refractivity contribution is -0.207. The van der Waals surface area contributed by atoms with E-state index in [0.29, 0.717) is 0 Å². The third-order valence-electron chi connectivity index (χ3n) is 2.08. The summed E-state index contributed by atoms with van der Waals surface area (Å²) in [5, 5.41) is 9.74. The Morgan fingerprint density at radius 2 is 2.00 bits per heavy atom. The van der Waals surface area contributed by atoms with Gasteiger partial charge in [-0.05, 0) is 20.8 Å². The molecule has 0 saturated carbocycles. The molecule has 0 radical (unpaired) electrons. The monoisotopic (exact) mass is 272 g/mol. The highest BCUT2D eigenvalue weighted by Crippen LogP contribution is 2.25. The minimum absolute atomic E-state index is 0.132. The number of hydrogen-bond acceptors (Lipinski definition) is 6. The van der Waals surface area contributed by atoms with Crippen LogP contribution in [0.1, 0.15) is 41.0 Å². The van der Waals surface area contributed by atoms with Crippen molar-refractivity contribution in [1.29, 1.82) is 0 Å². The molecule has 0 aromatic heterocycles. The normalized spacial score (nSPS) is 19.9. The largest absolute Gasteiger partial charge is 0.458 e. The molecule has 19 heavy (non-hydrogen) atoms. The van der Waals surface area contributed by atoms with E-state index >= 15 is 0 Å². The van der Waals surface area contributed by atoms with Crippen molar-refractivity contribution in [1.82, 2.24) is 0 Å². The van der Waals surface area contributed by atoms with Crippen molar-refractivity contribution in [3.8, 4) is 0 Å². The van der Waals surface area contributed by atoms with Gasteiger partial charge >= 0.3 is 11.9 Å². The molecule has 0 aromatic rings. The molecule has 0 unspecified atom stereocenters. The second-order valence-corrected chi connectivity index (χ2v) is 5.79. The van der Waals surface area contributed by atoms with Gasteiger partial charge in [0.25, 0.3) is 0 Å². The summed E-state index contributed by atoms with van der Waals surface area (Å²) >= 11 is 0. The average molecular weight is 272 g/mol. The number of ether oxygens (including phenoxy) is 3. The Kier molecular flexibility index (Phi) is 4.25. The molecule has 1 aliphatic rings. The molecular formula is C13H20O6. The molecule has 108 valence electrons. The van der Waals surface area contributed by atoms with Crippen molar-refractivity contribution in [2.24, 2.45) is 0 Å². The molecule has 1 atom stereocenters. The van der Waals surface area contributed by atoms with Gasteiger partial charge in [0, 0.05) is 20.3 Å². The topological polar surface area (TPSA) is 82.1 Å². The summed E-state index contributed by atoms with van der Waals surface area (Å²) < 4.78 is 15.3. The Morgan fingerprint density at radius 1 is 1.42 bits per heavy atom. The Balaban J connectivity index is 2.64. The molecule has 6 nitrogen and oxygen atoms in total. The van der Waals surface area contributed by atoms with Crippen LogP contribution in [0.3, 0.4) is 0 Å².